The lowest BCUT2D eigenvalue weighted by Crippen LogP contribution is -2.38. The fourth-order valence-corrected chi connectivity index (χ4v) is 6.68. The average molecular weight is 703 g/mol. The third kappa shape index (κ3) is 7.43. The number of alkyl halides is 3. The summed E-state index contributed by atoms with van der Waals surface area (Å²) in [7, 11) is -8.47. The first-order valence-electron chi connectivity index (χ1n) is 11.8. The lowest BCUT2D eigenvalue weighted by Gasteiger charge is -2.25. The number of hydrogen-bond donors (Lipinski definition) is 2. The van der Waals surface area contributed by atoms with Crippen molar-refractivity contribution >= 4 is 70.5 Å². The van der Waals surface area contributed by atoms with Crippen LogP contribution < -0.4 is 14.3 Å². The number of carbonyl (C=O) groups excluding carboxylic acids is 1. The zero-order chi connectivity index (χ0) is 30.7. The number of rotatable bonds is 9. The molecule has 0 aromatic heterocycles. The molecular weight excluding hydrogens is 683 g/mol. The number of anilines is 3. The maximum Gasteiger partial charge on any atom is 0.417 e. The van der Waals surface area contributed by atoms with Gasteiger partial charge in [0.2, 0.25) is 5.91 Å². The summed E-state index contributed by atoms with van der Waals surface area (Å²) in [4.78, 5) is 12.6. The molecule has 0 saturated carbocycles. The highest BCUT2D eigenvalue weighted by Gasteiger charge is 2.35. The van der Waals surface area contributed by atoms with Crippen LogP contribution in [0.15, 0.2) is 111 Å². The van der Waals surface area contributed by atoms with Crippen LogP contribution in [0.25, 0.3) is 0 Å². The van der Waals surface area contributed by atoms with Gasteiger partial charge in [-0.15, -0.1) is 0 Å². The molecule has 0 saturated heterocycles. The molecule has 0 bridgehead atoms. The minimum Gasteiger partial charge on any atom is -0.325 e. The van der Waals surface area contributed by atoms with Crippen molar-refractivity contribution in [1.29, 1.82) is 0 Å². The molecule has 4 aromatic rings. The summed E-state index contributed by atoms with van der Waals surface area (Å²) in [5.74, 6) is -0.901. The van der Waals surface area contributed by atoms with Gasteiger partial charge in [0.05, 0.1) is 26.1 Å². The van der Waals surface area contributed by atoms with Crippen LogP contribution in [0.3, 0.4) is 0 Å². The molecule has 0 fully saturated rings. The lowest BCUT2D eigenvalue weighted by molar-refractivity contribution is -0.137. The monoisotopic (exact) mass is 701 g/mol. The Morgan fingerprint density at radius 1 is 0.810 bits per heavy atom. The Kier molecular flexibility index (Phi) is 9.21. The molecule has 0 aliphatic heterocycles. The Balaban J connectivity index is 1.58. The van der Waals surface area contributed by atoms with E-state index in [1.165, 1.54) is 48.5 Å². The highest BCUT2D eigenvalue weighted by molar-refractivity contribution is 9.10. The van der Waals surface area contributed by atoms with Crippen molar-refractivity contribution in [2.75, 3.05) is 20.9 Å². The van der Waals surface area contributed by atoms with Gasteiger partial charge in [0, 0.05) is 15.8 Å². The number of benzene rings is 4. The van der Waals surface area contributed by atoms with E-state index in [0.717, 1.165) is 16.6 Å². The van der Waals surface area contributed by atoms with Crippen molar-refractivity contribution in [3.05, 3.63) is 112 Å². The summed E-state index contributed by atoms with van der Waals surface area (Å²) < 4.78 is 96.6. The molecule has 220 valence electrons. The van der Waals surface area contributed by atoms with Crippen LogP contribution in [0, 0.1) is 0 Å². The molecule has 4 aromatic carbocycles. The smallest absolute Gasteiger partial charge is 0.325 e. The summed E-state index contributed by atoms with van der Waals surface area (Å²) in [6.07, 6.45) is -4.88. The summed E-state index contributed by atoms with van der Waals surface area (Å²) >= 11 is 8.97. The van der Waals surface area contributed by atoms with E-state index in [1.807, 2.05) is 0 Å². The van der Waals surface area contributed by atoms with Crippen molar-refractivity contribution in [1.82, 2.24) is 0 Å². The van der Waals surface area contributed by atoms with Gasteiger partial charge in [-0.05, 0) is 78.9 Å². The SMILES string of the molecule is O=C(CN(c1ccc(Cl)c(C(F)(F)F)c1)S(=O)(=O)c1ccccc1)Nc1ccc(S(=O)(=O)Nc2ccc(Br)cc2)cc1. The minimum absolute atomic E-state index is 0.113. The van der Waals surface area contributed by atoms with Gasteiger partial charge in [-0.25, -0.2) is 16.8 Å². The molecule has 15 heteroatoms. The third-order valence-electron chi connectivity index (χ3n) is 5.71. The van der Waals surface area contributed by atoms with Gasteiger partial charge in [-0.1, -0.05) is 45.7 Å². The third-order valence-corrected chi connectivity index (χ3v) is 9.75. The fourth-order valence-electron chi connectivity index (χ4n) is 3.70. The Morgan fingerprint density at radius 3 is 2.00 bits per heavy atom. The first-order chi connectivity index (χ1) is 19.7. The van der Waals surface area contributed by atoms with E-state index in [1.54, 1.807) is 30.3 Å². The van der Waals surface area contributed by atoms with Gasteiger partial charge in [-0.3, -0.25) is 13.8 Å². The molecule has 4 rings (SSSR count). The van der Waals surface area contributed by atoms with E-state index < -0.39 is 54.9 Å². The quantitative estimate of drug-likeness (QED) is 0.200. The molecule has 0 atom stereocenters. The number of sulfonamides is 2. The summed E-state index contributed by atoms with van der Waals surface area (Å²) in [6.45, 7) is -0.901. The highest BCUT2D eigenvalue weighted by atomic mass is 79.9. The maximum absolute atomic E-state index is 13.5. The van der Waals surface area contributed by atoms with Crippen LogP contribution in [0.4, 0.5) is 30.2 Å². The van der Waals surface area contributed by atoms with E-state index in [0.29, 0.717) is 16.1 Å². The van der Waals surface area contributed by atoms with Gasteiger partial charge < -0.3 is 5.32 Å². The molecule has 0 unspecified atom stereocenters. The Labute approximate surface area is 253 Å². The molecule has 0 spiro atoms. The molecular formula is C27H20BrClF3N3O5S2. The van der Waals surface area contributed by atoms with Gasteiger partial charge in [0.15, 0.2) is 0 Å². The summed E-state index contributed by atoms with van der Waals surface area (Å²) in [5, 5.41) is 1.80. The number of amides is 1. The van der Waals surface area contributed by atoms with E-state index >= 15 is 0 Å². The topological polar surface area (TPSA) is 113 Å². The van der Waals surface area contributed by atoms with Gasteiger partial charge in [-0.2, -0.15) is 13.2 Å². The predicted octanol–water partition coefficient (Wildman–Crippen LogP) is 6.76. The molecule has 0 aliphatic carbocycles. The van der Waals surface area contributed by atoms with Crippen molar-refractivity contribution in [2.45, 2.75) is 16.0 Å². The highest BCUT2D eigenvalue weighted by Crippen LogP contribution is 2.38. The molecule has 2 N–H and O–H groups in total. The number of carbonyl (C=O) groups is 1. The van der Waals surface area contributed by atoms with Crippen molar-refractivity contribution in [3.63, 3.8) is 0 Å². The van der Waals surface area contributed by atoms with Crippen molar-refractivity contribution < 1.29 is 34.8 Å². The van der Waals surface area contributed by atoms with E-state index in [9.17, 15) is 34.8 Å². The van der Waals surface area contributed by atoms with Crippen LogP contribution in [-0.2, 0) is 31.0 Å². The van der Waals surface area contributed by atoms with Gasteiger partial charge >= 0.3 is 6.18 Å². The summed E-state index contributed by atoms with van der Waals surface area (Å²) in [5.41, 5.74) is -1.27. The summed E-state index contributed by atoms with van der Waals surface area (Å²) in [6, 6.07) is 20.8. The van der Waals surface area contributed by atoms with Crippen LogP contribution in [0.2, 0.25) is 5.02 Å². The Hall–Kier alpha value is -3.59. The van der Waals surface area contributed by atoms with Crippen molar-refractivity contribution in [2.24, 2.45) is 0 Å². The second-order valence-electron chi connectivity index (χ2n) is 8.67. The molecule has 42 heavy (non-hydrogen) atoms. The van der Waals surface area contributed by atoms with Gasteiger partial charge in [0.1, 0.15) is 6.54 Å². The molecule has 1 amide bonds. The number of hydrogen-bond acceptors (Lipinski definition) is 5. The molecule has 0 radical (unpaired) electrons. The zero-order valence-electron chi connectivity index (χ0n) is 21.1. The average Bonchev–Trinajstić information content (AvgIpc) is 2.93. The molecule has 0 aliphatic rings. The Morgan fingerprint density at radius 2 is 1.40 bits per heavy atom. The van der Waals surface area contributed by atoms with Crippen LogP contribution >= 0.6 is 27.5 Å². The first kappa shape index (κ1) is 31.3. The largest absolute Gasteiger partial charge is 0.417 e. The standard InChI is InChI=1S/C27H20BrClF3N3O5S2/c28-18-6-8-20(9-7-18)34-41(37,38)22-13-10-19(11-14-22)33-26(36)17-35(42(39,40)23-4-2-1-3-5-23)21-12-15-25(29)24(16-21)27(30,31)32/h1-16,34H,17H2,(H,33,36). The molecule has 8 nitrogen and oxygen atoms in total. The van der Waals surface area contributed by atoms with Crippen LogP contribution in [0.5, 0.6) is 0 Å². The lowest BCUT2D eigenvalue weighted by atomic mass is 10.2. The Bertz CT molecular complexity index is 1810. The molecule has 0 heterocycles. The van der Waals surface area contributed by atoms with Gasteiger partial charge in [0.25, 0.3) is 20.0 Å². The van der Waals surface area contributed by atoms with E-state index in [2.05, 4.69) is 26.0 Å². The normalized spacial score (nSPS) is 12.0. The number of nitrogens with one attached hydrogen (secondary N) is 2. The maximum atomic E-state index is 13.5. The zero-order valence-corrected chi connectivity index (χ0v) is 25.1. The fraction of sp³-hybridized carbons (Fsp3) is 0.0741. The number of halogens is 5. The second-order valence-corrected chi connectivity index (χ2v) is 13.5. The first-order valence-corrected chi connectivity index (χ1v) is 15.9. The van der Waals surface area contributed by atoms with E-state index in [4.69, 9.17) is 11.6 Å². The second kappa shape index (κ2) is 12.3. The van der Waals surface area contributed by atoms with Crippen LogP contribution in [0.1, 0.15) is 5.56 Å². The number of nitrogens with zero attached hydrogens (tertiary/aromatic N) is 1. The van der Waals surface area contributed by atoms with Crippen molar-refractivity contribution in [3.8, 4) is 0 Å². The van der Waals surface area contributed by atoms with E-state index in [-0.39, 0.29) is 15.5 Å². The predicted molar refractivity (Wildman–Crippen MR) is 157 cm³/mol. The minimum atomic E-state index is -4.88. The van der Waals surface area contributed by atoms with Crippen LogP contribution in [-0.4, -0.2) is 29.3 Å².